The smallest absolute Gasteiger partial charge is 0.0362 e. The van der Waals surface area contributed by atoms with E-state index in [4.69, 9.17) is 5.73 Å². The maximum Gasteiger partial charge on any atom is 0.0362 e. The standard InChI is InChI=1S/C17H34N2/c1-12-9-14(3)16(5)19(10-12)17(11-18)8-6-7-13(2)15(17)4/h12-16H,6-11,18H2,1-5H3. The van der Waals surface area contributed by atoms with Crippen LogP contribution in [-0.4, -0.2) is 29.6 Å². The maximum atomic E-state index is 6.33. The molecule has 1 aliphatic carbocycles. The number of hydrogen-bond acceptors (Lipinski definition) is 2. The number of piperidine rings is 1. The van der Waals surface area contributed by atoms with Gasteiger partial charge >= 0.3 is 0 Å². The molecule has 2 rings (SSSR count). The van der Waals surface area contributed by atoms with Crippen LogP contribution in [0.3, 0.4) is 0 Å². The van der Waals surface area contributed by atoms with Crippen LogP contribution in [0.4, 0.5) is 0 Å². The lowest BCUT2D eigenvalue weighted by molar-refractivity contribution is -0.0750. The minimum absolute atomic E-state index is 0.264. The summed E-state index contributed by atoms with van der Waals surface area (Å²) in [6, 6.07) is 0.687. The van der Waals surface area contributed by atoms with Crippen LogP contribution in [-0.2, 0) is 0 Å². The molecule has 0 radical (unpaired) electrons. The third-order valence-electron chi connectivity index (χ3n) is 6.49. The van der Waals surface area contributed by atoms with E-state index >= 15 is 0 Å². The molecule has 19 heavy (non-hydrogen) atoms. The normalized spacial score (nSPS) is 49.3. The van der Waals surface area contributed by atoms with Gasteiger partial charge in [0, 0.05) is 24.7 Å². The largest absolute Gasteiger partial charge is 0.329 e. The summed E-state index contributed by atoms with van der Waals surface area (Å²) >= 11 is 0. The Bertz CT molecular complexity index is 304. The summed E-state index contributed by atoms with van der Waals surface area (Å²) in [5.41, 5.74) is 6.60. The van der Waals surface area contributed by atoms with Crippen molar-refractivity contribution in [3.63, 3.8) is 0 Å². The Hall–Kier alpha value is -0.0800. The first-order valence-electron chi connectivity index (χ1n) is 8.39. The maximum absolute atomic E-state index is 6.33. The number of rotatable bonds is 2. The number of hydrogen-bond donors (Lipinski definition) is 1. The third kappa shape index (κ3) is 2.58. The summed E-state index contributed by atoms with van der Waals surface area (Å²) < 4.78 is 0. The van der Waals surface area contributed by atoms with Crippen molar-refractivity contribution in [3.05, 3.63) is 0 Å². The topological polar surface area (TPSA) is 29.3 Å². The molecule has 0 amide bonds. The van der Waals surface area contributed by atoms with Crippen molar-refractivity contribution < 1.29 is 0 Å². The van der Waals surface area contributed by atoms with Crippen molar-refractivity contribution in [2.45, 2.75) is 71.9 Å². The minimum atomic E-state index is 0.264. The van der Waals surface area contributed by atoms with Gasteiger partial charge in [-0.2, -0.15) is 0 Å². The van der Waals surface area contributed by atoms with Crippen molar-refractivity contribution in [1.29, 1.82) is 0 Å². The Morgan fingerprint density at radius 2 is 1.79 bits per heavy atom. The molecule has 0 spiro atoms. The minimum Gasteiger partial charge on any atom is -0.329 e. The molecule has 1 saturated carbocycles. The first kappa shape index (κ1) is 15.3. The van der Waals surface area contributed by atoms with Gasteiger partial charge in [-0.1, -0.05) is 40.5 Å². The Morgan fingerprint density at radius 1 is 1.11 bits per heavy atom. The lowest BCUT2D eigenvalue weighted by atomic mass is 9.65. The van der Waals surface area contributed by atoms with Crippen LogP contribution in [0, 0.1) is 23.7 Å². The molecular formula is C17H34N2. The Balaban J connectivity index is 2.28. The highest BCUT2D eigenvalue weighted by atomic mass is 15.3. The summed E-state index contributed by atoms with van der Waals surface area (Å²) in [5.74, 6) is 3.17. The van der Waals surface area contributed by atoms with Crippen LogP contribution in [0.5, 0.6) is 0 Å². The van der Waals surface area contributed by atoms with E-state index in [2.05, 4.69) is 39.5 Å². The zero-order valence-corrected chi connectivity index (χ0v) is 13.7. The lowest BCUT2D eigenvalue weighted by Gasteiger charge is -2.58. The van der Waals surface area contributed by atoms with Gasteiger partial charge in [0.15, 0.2) is 0 Å². The van der Waals surface area contributed by atoms with Gasteiger partial charge < -0.3 is 5.73 Å². The molecule has 2 aliphatic rings. The van der Waals surface area contributed by atoms with Crippen LogP contribution >= 0.6 is 0 Å². The van der Waals surface area contributed by atoms with Crippen molar-refractivity contribution in [2.75, 3.05) is 13.1 Å². The SMILES string of the molecule is CC1CC(C)C(C)N(C2(CN)CCCC(C)C2C)C1. The summed E-state index contributed by atoms with van der Waals surface area (Å²) in [4.78, 5) is 2.81. The van der Waals surface area contributed by atoms with E-state index in [0.29, 0.717) is 6.04 Å². The van der Waals surface area contributed by atoms with Crippen LogP contribution in [0.2, 0.25) is 0 Å². The Labute approximate surface area is 120 Å². The average molecular weight is 266 g/mol. The fraction of sp³-hybridized carbons (Fsp3) is 1.00. The van der Waals surface area contributed by atoms with Crippen LogP contribution in [0.25, 0.3) is 0 Å². The molecule has 0 bridgehead atoms. The van der Waals surface area contributed by atoms with Crippen LogP contribution in [0.15, 0.2) is 0 Å². The fourth-order valence-corrected chi connectivity index (χ4v) is 4.85. The molecule has 2 N–H and O–H groups in total. The summed E-state index contributed by atoms with van der Waals surface area (Å²) in [7, 11) is 0. The molecular weight excluding hydrogens is 232 g/mol. The van der Waals surface area contributed by atoms with Gasteiger partial charge in [-0.3, -0.25) is 4.90 Å². The van der Waals surface area contributed by atoms with E-state index in [-0.39, 0.29) is 5.54 Å². The Morgan fingerprint density at radius 3 is 2.42 bits per heavy atom. The van der Waals surface area contributed by atoms with E-state index in [1.807, 2.05) is 0 Å². The van der Waals surface area contributed by atoms with Gasteiger partial charge in [0.2, 0.25) is 0 Å². The zero-order chi connectivity index (χ0) is 14.2. The number of likely N-dealkylation sites (tertiary alicyclic amines) is 1. The molecule has 2 nitrogen and oxygen atoms in total. The van der Waals surface area contributed by atoms with Crippen molar-refractivity contribution >= 4 is 0 Å². The number of nitrogens with two attached hydrogens (primary N) is 1. The van der Waals surface area contributed by atoms with E-state index in [1.54, 1.807) is 0 Å². The van der Waals surface area contributed by atoms with E-state index in [9.17, 15) is 0 Å². The van der Waals surface area contributed by atoms with E-state index in [1.165, 1.54) is 32.2 Å². The van der Waals surface area contributed by atoms with Gasteiger partial charge in [0.05, 0.1) is 0 Å². The van der Waals surface area contributed by atoms with Crippen molar-refractivity contribution in [1.82, 2.24) is 4.90 Å². The van der Waals surface area contributed by atoms with E-state index in [0.717, 1.165) is 30.2 Å². The zero-order valence-electron chi connectivity index (χ0n) is 13.7. The first-order chi connectivity index (χ1) is 8.92. The fourth-order valence-electron chi connectivity index (χ4n) is 4.85. The molecule has 0 aromatic carbocycles. The molecule has 6 atom stereocenters. The molecule has 112 valence electrons. The molecule has 0 aromatic heterocycles. The quantitative estimate of drug-likeness (QED) is 0.829. The second kappa shape index (κ2) is 5.73. The first-order valence-corrected chi connectivity index (χ1v) is 8.39. The second-order valence-corrected chi connectivity index (χ2v) is 7.68. The van der Waals surface area contributed by atoms with Gasteiger partial charge in [0.25, 0.3) is 0 Å². The predicted molar refractivity (Wildman–Crippen MR) is 83.1 cm³/mol. The molecule has 1 heterocycles. The molecule has 1 saturated heterocycles. The summed E-state index contributed by atoms with van der Waals surface area (Å²) in [5, 5.41) is 0. The highest BCUT2D eigenvalue weighted by Gasteiger charge is 2.48. The lowest BCUT2D eigenvalue weighted by Crippen LogP contribution is -2.66. The monoisotopic (exact) mass is 266 g/mol. The van der Waals surface area contributed by atoms with Crippen LogP contribution in [0.1, 0.15) is 60.3 Å². The van der Waals surface area contributed by atoms with Gasteiger partial charge in [0.1, 0.15) is 0 Å². The third-order valence-corrected chi connectivity index (χ3v) is 6.49. The predicted octanol–water partition coefficient (Wildman–Crippen LogP) is 3.51. The van der Waals surface area contributed by atoms with Gasteiger partial charge in [-0.05, 0) is 43.4 Å². The molecule has 6 unspecified atom stereocenters. The van der Waals surface area contributed by atoms with Crippen LogP contribution < -0.4 is 5.73 Å². The van der Waals surface area contributed by atoms with E-state index < -0.39 is 0 Å². The highest BCUT2D eigenvalue weighted by molar-refractivity contribution is 5.04. The second-order valence-electron chi connectivity index (χ2n) is 7.68. The highest BCUT2D eigenvalue weighted by Crippen LogP contribution is 2.45. The molecule has 0 aromatic rings. The van der Waals surface area contributed by atoms with Crippen molar-refractivity contribution in [3.8, 4) is 0 Å². The average Bonchev–Trinajstić information content (AvgIpc) is 2.37. The Kier molecular flexibility index (Phi) is 4.62. The van der Waals surface area contributed by atoms with Crippen molar-refractivity contribution in [2.24, 2.45) is 29.4 Å². The summed E-state index contributed by atoms with van der Waals surface area (Å²) in [6.07, 6.45) is 5.42. The molecule has 2 heteroatoms. The van der Waals surface area contributed by atoms with Gasteiger partial charge in [-0.15, -0.1) is 0 Å². The summed E-state index contributed by atoms with van der Waals surface area (Å²) in [6.45, 7) is 14.2. The molecule has 1 aliphatic heterocycles. The number of nitrogens with zero attached hydrogens (tertiary/aromatic N) is 1. The van der Waals surface area contributed by atoms with Gasteiger partial charge in [-0.25, -0.2) is 0 Å². The molecule has 2 fully saturated rings.